The lowest BCUT2D eigenvalue weighted by Crippen LogP contribution is -2.41. The van der Waals surface area contributed by atoms with Gasteiger partial charge in [-0.05, 0) is 46.2 Å². The van der Waals surface area contributed by atoms with Crippen molar-refractivity contribution in [2.75, 3.05) is 13.6 Å². The highest BCUT2D eigenvalue weighted by Crippen LogP contribution is 2.28. The Bertz CT molecular complexity index is 736. The van der Waals surface area contributed by atoms with Gasteiger partial charge in [0.15, 0.2) is 0 Å². The smallest absolute Gasteiger partial charge is 0.270 e. The lowest BCUT2D eigenvalue weighted by atomic mass is 10.1. The van der Waals surface area contributed by atoms with Gasteiger partial charge in [-0.1, -0.05) is 23.8 Å². The summed E-state index contributed by atoms with van der Waals surface area (Å²) in [6.45, 7) is 6.97. The second-order valence-corrected chi connectivity index (χ2v) is 7.67. The topological polar surface area (TPSA) is 45.2 Å². The molecule has 1 amide bonds. The number of carbonyl (C=O) groups excluding carboxylic acids is 1. The van der Waals surface area contributed by atoms with Crippen LogP contribution in [0.1, 0.15) is 41.4 Å². The first-order valence-electron chi connectivity index (χ1n) is 8.49. The number of rotatable bonds is 6. The Hall–Kier alpha value is -1.72. The molecule has 2 aromatic rings. The Morgan fingerprint density at radius 2 is 2.17 bits per heavy atom. The van der Waals surface area contributed by atoms with Crippen molar-refractivity contribution < 1.29 is 4.79 Å². The second kappa shape index (κ2) is 7.03. The van der Waals surface area contributed by atoms with Crippen molar-refractivity contribution >= 4 is 17.2 Å². The average molecular weight is 343 g/mol. The highest BCUT2D eigenvalue weighted by atomic mass is 32.1. The van der Waals surface area contributed by atoms with E-state index in [4.69, 9.17) is 0 Å². The van der Waals surface area contributed by atoms with Gasteiger partial charge in [0.2, 0.25) is 0 Å². The van der Waals surface area contributed by atoms with Crippen molar-refractivity contribution in [1.82, 2.24) is 15.2 Å². The first kappa shape index (κ1) is 17.1. The molecule has 1 aliphatic rings. The minimum atomic E-state index is -0.0849. The third-order valence-electron chi connectivity index (χ3n) is 4.73. The molecular weight excluding hydrogens is 318 g/mol. The second-order valence-electron chi connectivity index (χ2n) is 6.81. The molecular formula is C19H25N3OS. The highest BCUT2D eigenvalue weighted by molar-refractivity contribution is 7.13. The quantitative estimate of drug-likeness (QED) is 0.871. The molecule has 0 aliphatic heterocycles. The van der Waals surface area contributed by atoms with Crippen LogP contribution < -0.4 is 5.32 Å². The van der Waals surface area contributed by atoms with Crippen LogP contribution in [-0.4, -0.2) is 41.5 Å². The summed E-state index contributed by atoms with van der Waals surface area (Å²) in [6.07, 6.45) is 2.56. The van der Waals surface area contributed by atoms with Gasteiger partial charge < -0.3 is 5.32 Å². The maximum atomic E-state index is 12.4. The first-order chi connectivity index (χ1) is 11.5. The maximum Gasteiger partial charge on any atom is 0.270 e. The number of amides is 1. The van der Waals surface area contributed by atoms with E-state index in [9.17, 15) is 4.79 Å². The van der Waals surface area contributed by atoms with Gasteiger partial charge in [-0.25, -0.2) is 4.98 Å². The number of likely N-dealkylation sites (N-methyl/N-ethyl adjacent to an activating group) is 1. The number of thiazole rings is 1. The SMILES string of the molecule is Cc1ccc(-c2nc(C(=O)NCC(C)N(C)C3CC3)cs2)c(C)c1. The molecule has 1 aliphatic carbocycles. The fourth-order valence-corrected chi connectivity index (χ4v) is 3.76. The third kappa shape index (κ3) is 3.84. The van der Waals surface area contributed by atoms with Gasteiger partial charge in [-0.15, -0.1) is 11.3 Å². The fraction of sp³-hybridized carbons (Fsp3) is 0.474. The lowest BCUT2D eigenvalue weighted by Gasteiger charge is -2.24. The number of benzene rings is 1. The number of hydrogen-bond donors (Lipinski definition) is 1. The van der Waals surface area contributed by atoms with Crippen LogP contribution in [0, 0.1) is 13.8 Å². The number of hydrogen-bond acceptors (Lipinski definition) is 4. The zero-order chi connectivity index (χ0) is 17.3. The van der Waals surface area contributed by atoms with E-state index in [-0.39, 0.29) is 5.91 Å². The lowest BCUT2D eigenvalue weighted by molar-refractivity contribution is 0.0935. The van der Waals surface area contributed by atoms with Crippen molar-refractivity contribution in [3.05, 3.63) is 40.4 Å². The normalized spacial score (nSPS) is 15.5. The summed E-state index contributed by atoms with van der Waals surface area (Å²) in [5.41, 5.74) is 4.04. The van der Waals surface area contributed by atoms with Crippen LogP contribution in [0.3, 0.4) is 0 Å². The highest BCUT2D eigenvalue weighted by Gasteiger charge is 2.29. The van der Waals surface area contributed by atoms with E-state index in [1.807, 2.05) is 5.38 Å². The Labute approximate surface area is 147 Å². The predicted molar refractivity (Wildman–Crippen MR) is 99.6 cm³/mol. The van der Waals surface area contributed by atoms with Crippen LogP contribution in [0.15, 0.2) is 23.6 Å². The van der Waals surface area contributed by atoms with E-state index in [0.717, 1.165) is 10.6 Å². The molecule has 24 heavy (non-hydrogen) atoms. The number of nitrogens with zero attached hydrogens (tertiary/aromatic N) is 2. The van der Waals surface area contributed by atoms with Crippen LogP contribution in [0.25, 0.3) is 10.6 Å². The monoisotopic (exact) mass is 343 g/mol. The van der Waals surface area contributed by atoms with Crippen LogP contribution in [-0.2, 0) is 0 Å². The van der Waals surface area contributed by atoms with E-state index in [2.05, 4.69) is 61.2 Å². The molecule has 1 saturated carbocycles. The summed E-state index contributed by atoms with van der Waals surface area (Å²) >= 11 is 1.52. The van der Waals surface area contributed by atoms with Gasteiger partial charge in [-0.3, -0.25) is 9.69 Å². The van der Waals surface area contributed by atoms with Crippen LogP contribution in [0.2, 0.25) is 0 Å². The summed E-state index contributed by atoms with van der Waals surface area (Å²) < 4.78 is 0. The van der Waals surface area contributed by atoms with Crippen molar-refractivity contribution in [3.63, 3.8) is 0 Å². The molecule has 0 bridgehead atoms. The summed E-state index contributed by atoms with van der Waals surface area (Å²) in [5, 5.41) is 5.76. The average Bonchev–Trinajstić information content (AvgIpc) is 3.29. The van der Waals surface area contributed by atoms with Crippen molar-refractivity contribution in [2.45, 2.75) is 45.7 Å². The van der Waals surface area contributed by atoms with Gasteiger partial charge >= 0.3 is 0 Å². The Balaban J connectivity index is 1.63. The van der Waals surface area contributed by atoms with Crippen LogP contribution in [0.5, 0.6) is 0 Å². The van der Waals surface area contributed by atoms with Gasteiger partial charge in [0.1, 0.15) is 10.7 Å². The molecule has 3 rings (SSSR count). The molecule has 1 aromatic heterocycles. The molecule has 5 heteroatoms. The molecule has 1 heterocycles. The standard InChI is InChI=1S/C19H25N3OS/c1-12-5-8-16(13(2)9-12)19-21-17(11-24-19)18(23)20-10-14(3)22(4)15-6-7-15/h5,8-9,11,14-15H,6-7,10H2,1-4H3,(H,20,23). The summed E-state index contributed by atoms with van der Waals surface area (Å²) in [5.74, 6) is -0.0849. The molecule has 1 fully saturated rings. The van der Waals surface area contributed by atoms with Crippen molar-refractivity contribution in [3.8, 4) is 10.6 Å². The number of aryl methyl sites for hydroxylation is 2. The Morgan fingerprint density at radius 1 is 1.42 bits per heavy atom. The molecule has 0 saturated heterocycles. The number of carbonyl (C=O) groups is 1. The Kier molecular flexibility index (Phi) is 5.01. The van der Waals surface area contributed by atoms with Crippen molar-refractivity contribution in [2.24, 2.45) is 0 Å². The first-order valence-corrected chi connectivity index (χ1v) is 9.37. The zero-order valence-electron chi connectivity index (χ0n) is 14.8. The zero-order valence-corrected chi connectivity index (χ0v) is 15.6. The third-order valence-corrected chi connectivity index (χ3v) is 5.60. The van der Waals surface area contributed by atoms with Gasteiger partial charge in [0, 0.05) is 29.6 Å². The van der Waals surface area contributed by atoms with E-state index < -0.39 is 0 Å². The Morgan fingerprint density at radius 3 is 2.83 bits per heavy atom. The largest absolute Gasteiger partial charge is 0.349 e. The van der Waals surface area contributed by atoms with E-state index in [0.29, 0.717) is 24.3 Å². The van der Waals surface area contributed by atoms with E-state index in [1.54, 1.807) is 0 Å². The molecule has 0 radical (unpaired) electrons. The predicted octanol–water partition coefficient (Wildman–Crippen LogP) is 3.64. The maximum absolute atomic E-state index is 12.4. The van der Waals surface area contributed by atoms with Gasteiger partial charge in [0.05, 0.1) is 0 Å². The molecule has 1 aromatic carbocycles. The molecule has 1 N–H and O–H groups in total. The van der Waals surface area contributed by atoms with Crippen LogP contribution in [0.4, 0.5) is 0 Å². The number of aromatic nitrogens is 1. The molecule has 0 spiro atoms. The fourth-order valence-electron chi connectivity index (χ4n) is 2.87. The van der Waals surface area contributed by atoms with Gasteiger partial charge in [0.25, 0.3) is 5.91 Å². The molecule has 128 valence electrons. The number of nitrogens with one attached hydrogen (secondary N) is 1. The minimum absolute atomic E-state index is 0.0849. The molecule has 1 unspecified atom stereocenters. The summed E-state index contributed by atoms with van der Waals surface area (Å²) in [4.78, 5) is 19.2. The minimum Gasteiger partial charge on any atom is -0.349 e. The molecule has 1 atom stereocenters. The summed E-state index contributed by atoms with van der Waals surface area (Å²) in [6, 6.07) is 7.36. The van der Waals surface area contributed by atoms with Gasteiger partial charge in [-0.2, -0.15) is 0 Å². The van der Waals surface area contributed by atoms with E-state index in [1.165, 1.54) is 35.3 Å². The molecule has 4 nitrogen and oxygen atoms in total. The van der Waals surface area contributed by atoms with E-state index >= 15 is 0 Å². The van der Waals surface area contributed by atoms with Crippen LogP contribution >= 0.6 is 11.3 Å². The summed E-state index contributed by atoms with van der Waals surface area (Å²) in [7, 11) is 2.13. The van der Waals surface area contributed by atoms with Crippen molar-refractivity contribution in [1.29, 1.82) is 0 Å².